The molecule has 0 bridgehead atoms. The standard InChI is InChI=1S/C23H26N4O5/c28-21-6-5-19(22(29)26-21)25-23(30)20-13-18(7-8-24-20)32-15-17-3-1-16(2-4-17)14-27-9-11-31-12-10-27/h1-4,7-8,13,19H,5-6,9-12,14-15H2,(H,25,30)(H,26,28,29). The Kier molecular flexibility index (Phi) is 7.08. The van der Waals surface area contributed by atoms with E-state index in [0.717, 1.165) is 38.4 Å². The van der Waals surface area contributed by atoms with E-state index in [0.29, 0.717) is 12.4 Å². The number of hydrogen-bond acceptors (Lipinski definition) is 7. The lowest BCUT2D eigenvalue weighted by molar-refractivity contribution is -0.134. The first kappa shape index (κ1) is 21.9. The van der Waals surface area contributed by atoms with Crippen LogP contribution in [0.25, 0.3) is 0 Å². The zero-order valence-corrected chi connectivity index (χ0v) is 17.7. The van der Waals surface area contributed by atoms with Crippen molar-refractivity contribution in [3.63, 3.8) is 0 Å². The van der Waals surface area contributed by atoms with E-state index in [1.165, 1.54) is 17.8 Å². The number of carbonyl (C=O) groups is 3. The van der Waals surface area contributed by atoms with Gasteiger partial charge < -0.3 is 14.8 Å². The largest absolute Gasteiger partial charge is 0.489 e. The summed E-state index contributed by atoms with van der Waals surface area (Å²) >= 11 is 0. The molecule has 0 aliphatic carbocycles. The number of nitrogens with zero attached hydrogens (tertiary/aromatic N) is 2. The average Bonchev–Trinajstić information content (AvgIpc) is 2.81. The fourth-order valence-electron chi connectivity index (χ4n) is 3.61. The first-order valence-corrected chi connectivity index (χ1v) is 10.7. The fourth-order valence-corrected chi connectivity index (χ4v) is 3.61. The number of nitrogens with one attached hydrogen (secondary N) is 2. The molecule has 2 saturated heterocycles. The monoisotopic (exact) mass is 438 g/mol. The normalized spacial score (nSPS) is 19.3. The first-order chi connectivity index (χ1) is 15.6. The van der Waals surface area contributed by atoms with Gasteiger partial charge >= 0.3 is 0 Å². The summed E-state index contributed by atoms with van der Waals surface area (Å²) in [6.45, 7) is 4.73. The zero-order valence-electron chi connectivity index (χ0n) is 17.7. The van der Waals surface area contributed by atoms with Gasteiger partial charge in [0.1, 0.15) is 24.1 Å². The second-order valence-electron chi connectivity index (χ2n) is 7.85. The smallest absolute Gasteiger partial charge is 0.270 e. The molecule has 3 heterocycles. The number of ether oxygens (including phenoxy) is 2. The Morgan fingerprint density at radius 1 is 1.16 bits per heavy atom. The van der Waals surface area contributed by atoms with Crippen LogP contribution in [0.3, 0.4) is 0 Å². The molecular formula is C23H26N4O5. The molecule has 1 aromatic carbocycles. The number of aromatic nitrogens is 1. The molecule has 1 aromatic heterocycles. The molecule has 1 unspecified atom stereocenters. The molecule has 2 N–H and O–H groups in total. The minimum Gasteiger partial charge on any atom is -0.489 e. The van der Waals surface area contributed by atoms with Crippen LogP contribution < -0.4 is 15.4 Å². The van der Waals surface area contributed by atoms with Crippen molar-refractivity contribution in [2.75, 3.05) is 26.3 Å². The number of amides is 3. The molecule has 9 heteroatoms. The lowest BCUT2D eigenvalue weighted by Gasteiger charge is -2.26. The number of morpholine rings is 1. The number of imide groups is 1. The van der Waals surface area contributed by atoms with Crippen LogP contribution in [0.15, 0.2) is 42.6 Å². The number of hydrogen-bond donors (Lipinski definition) is 2. The van der Waals surface area contributed by atoms with E-state index in [1.807, 2.05) is 12.1 Å². The molecule has 0 radical (unpaired) electrons. The van der Waals surface area contributed by atoms with Crippen LogP contribution in [0.5, 0.6) is 5.75 Å². The molecule has 2 aromatic rings. The number of benzene rings is 1. The molecule has 9 nitrogen and oxygen atoms in total. The second kappa shape index (κ2) is 10.3. The van der Waals surface area contributed by atoms with Gasteiger partial charge in [-0.2, -0.15) is 0 Å². The summed E-state index contributed by atoms with van der Waals surface area (Å²) in [5, 5.41) is 4.83. The predicted octanol–water partition coefficient (Wildman–Crippen LogP) is 1.03. The van der Waals surface area contributed by atoms with Crippen LogP contribution in [0.1, 0.15) is 34.5 Å². The average molecular weight is 438 g/mol. The van der Waals surface area contributed by atoms with E-state index in [9.17, 15) is 14.4 Å². The SMILES string of the molecule is O=C1CCC(NC(=O)c2cc(OCc3ccc(CN4CCOCC4)cc3)ccn2)C(=O)N1. The lowest BCUT2D eigenvalue weighted by Crippen LogP contribution is -2.52. The Morgan fingerprint density at radius 3 is 2.66 bits per heavy atom. The molecular weight excluding hydrogens is 412 g/mol. The van der Waals surface area contributed by atoms with Crippen LogP contribution in [-0.4, -0.2) is 60.0 Å². The summed E-state index contributed by atoms with van der Waals surface area (Å²) in [6.07, 6.45) is 1.95. The van der Waals surface area contributed by atoms with E-state index in [4.69, 9.17) is 9.47 Å². The highest BCUT2D eigenvalue weighted by Crippen LogP contribution is 2.15. The van der Waals surface area contributed by atoms with Crippen molar-refractivity contribution in [2.24, 2.45) is 0 Å². The van der Waals surface area contributed by atoms with Crippen molar-refractivity contribution >= 4 is 17.7 Å². The van der Waals surface area contributed by atoms with Gasteiger partial charge in [-0.25, -0.2) is 0 Å². The number of rotatable bonds is 7. The van der Waals surface area contributed by atoms with Gasteiger partial charge in [0.2, 0.25) is 11.8 Å². The van der Waals surface area contributed by atoms with E-state index in [2.05, 4.69) is 32.7 Å². The van der Waals surface area contributed by atoms with Gasteiger partial charge in [-0.1, -0.05) is 24.3 Å². The Morgan fingerprint density at radius 2 is 1.91 bits per heavy atom. The first-order valence-electron chi connectivity index (χ1n) is 10.7. The molecule has 168 valence electrons. The molecule has 32 heavy (non-hydrogen) atoms. The van der Waals surface area contributed by atoms with Gasteiger partial charge in [0.25, 0.3) is 5.91 Å². The van der Waals surface area contributed by atoms with Crippen LogP contribution in [0, 0.1) is 0 Å². The highest BCUT2D eigenvalue weighted by atomic mass is 16.5. The van der Waals surface area contributed by atoms with Gasteiger partial charge in [-0.05, 0) is 23.6 Å². The third-order valence-electron chi connectivity index (χ3n) is 5.45. The lowest BCUT2D eigenvalue weighted by atomic mass is 10.1. The summed E-state index contributed by atoms with van der Waals surface area (Å²) in [5.74, 6) is -0.814. The Labute approximate surface area is 186 Å². The molecule has 1 atom stereocenters. The van der Waals surface area contributed by atoms with Crippen LogP contribution in [-0.2, 0) is 27.5 Å². The Hall–Kier alpha value is -3.30. The molecule has 3 amide bonds. The van der Waals surface area contributed by atoms with Crippen molar-refractivity contribution in [3.8, 4) is 5.75 Å². The summed E-state index contributed by atoms with van der Waals surface area (Å²) < 4.78 is 11.2. The van der Waals surface area contributed by atoms with E-state index in [-0.39, 0.29) is 24.4 Å². The molecule has 0 saturated carbocycles. The Bertz CT molecular complexity index is 973. The Balaban J connectivity index is 1.29. The minimum absolute atomic E-state index is 0.146. The topological polar surface area (TPSA) is 110 Å². The summed E-state index contributed by atoms with van der Waals surface area (Å²) in [7, 11) is 0. The van der Waals surface area contributed by atoms with Gasteiger partial charge in [0.15, 0.2) is 0 Å². The number of piperidine rings is 1. The van der Waals surface area contributed by atoms with E-state index < -0.39 is 17.9 Å². The maximum Gasteiger partial charge on any atom is 0.270 e. The second-order valence-corrected chi connectivity index (χ2v) is 7.85. The summed E-state index contributed by atoms with van der Waals surface area (Å²) in [4.78, 5) is 42.0. The molecule has 2 fully saturated rings. The van der Waals surface area contributed by atoms with Gasteiger partial charge in [-0.3, -0.25) is 29.6 Å². The molecule has 2 aliphatic heterocycles. The summed E-state index contributed by atoms with van der Waals surface area (Å²) in [6, 6.07) is 10.7. The minimum atomic E-state index is -0.748. The van der Waals surface area contributed by atoms with Gasteiger partial charge in [0, 0.05) is 38.3 Å². The fraction of sp³-hybridized carbons (Fsp3) is 0.391. The van der Waals surface area contributed by atoms with Crippen molar-refractivity contribution in [1.82, 2.24) is 20.5 Å². The quantitative estimate of drug-likeness (QED) is 0.622. The van der Waals surface area contributed by atoms with Crippen molar-refractivity contribution in [2.45, 2.75) is 32.0 Å². The third kappa shape index (κ3) is 5.89. The van der Waals surface area contributed by atoms with Crippen LogP contribution >= 0.6 is 0 Å². The summed E-state index contributed by atoms with van der Waals surface area (Å²) in [5.41, 5.74) is 2.40. The highest BCUT2D eigenvalue weighted by Gasteiger charge is 2.28. The zero-order chi connectivity index (χ0) is 22.3. The molecule has 0 spiro atoms. The molecule has 2 aliphatic rings. The number of carbonyl (C=O) groups excluding carboxylic acids is 3. The maximum atomic E-state index is 12.5. The van der Waals surface area contributed by atoms with Gasteiger partial charge in [0.05, 0.1) is 13.2 Å². The maximum absolute atomic E-state index is 12.5. The van der Waals surface area contributed by atoms with Crippen molar-refractivity contribution in [3.05, 3.63) is 59.4 Å². The van der Waals surface area contributed by atoms with Crippen molar-refractivity contribution < 1.29 is 23.9 Å². The van der Waals surface area contributed by atoms with E-state index >= 15 is 0 Å². The van der Waals surface area contributed by atoms with E-state index in [1.54, 1.807) is 6.07 Å². The molecule has 4 rings (SSSR count). The van der Waals surface area contributed by atoms with Crippen LogP contribution in [0.4, 0.5) is 0 Å². The van der Waals surface area contributed by atoms with Crippen molar-refractivity contribution in [1.29, 1.82) is 0 Å². The predicted molar refractivity (Wildman–Crippen MR) is 115 cm³/mol. The van der Waals surface area contributed by atoms with Gasteiger partial charge in [-0.15, -0.1) is 0 Å². The number of pyridine rings is 1. The third-order valence-corrected chi connectivity index (χ3v) is 5.45. The van der Waals surface area contributed by atoms with Crippen LogP contribution in [0.2, 0.25) is 0 Å². The highest BCUT2D eigenvalue weighted by molar-refractivity contribution is 6.03.